The Labute approximate surface area is 241 Å². The lowest BCUT2D eigenvalue weighted by Gasteiger charge is -2.32. The molecule has 1 atom stereocenters. The summed E-state index contributed by atoms with van der Waals surface area (Å²) >= 11 is 6.36. The Bertz CT molecular complexity index is 1050. The van der Waals surface area contributed by atoms with Crippen molar-refractivity contribution in [3.8, 4) is 9.75 Å². The van der Waals surface area contributed by atoms with E-state index in [1.165, 1.54) is 106 Å². The van der Waals surface area contributed by atoms with Gasteiger partial charge in [-0.2, -0.15) is 0 Å². The molecule has 0 bridgehead atoms. The average Bonchev–Trinajstić information content (AvgIpc) is 3.64. The van der Waals surface area contributed by atoms with Crippen LogP contribution in [0.4, 0.5) is 0 Å². The van der Waals surface area contributed by atoms with Crippen LogP contribution in [0.25, 0.3) is 9.75 Å². The Morgan fingerprint density at radius 3 is 1.84 bits per heavy atom. The first-order chi connectivity index (χ1) is 18.0. The number of thiophene rings is 3. The Kier molecular flexibility index (Phi) is 11.2. The van der Waals surface area contributed by atoms with Crippen molar-refractivity contribution in [2.24, 2.45) is 5.92 Å². The van der Waals surface area contributed by atoms with Crippen molar-refractivity contribution < 1.29 is 0 Å². The predicted molar refractivity (Wildman–Crippen MR) is 175 cm³/mol. The topological polar surface area (TPSA) is 0 Å². The van der Waals surface area contributed by atoms with Gasteiger partial charge in [0.1, 0.15) is 0 Å². The summed E-state index contributed by atoms with van der Waals surface area (Å²) in [6, 6.07) is 11.8. The van der Waals surface area contributed by atoms with Gasteiger partial charge >= 0.3 is 0 Å². The van der Waals surface area contributed by atoms with Gasteiger partial charge in [0.2, 0.25) is 0 Å². The van der Waals surface area contributed by atoms with E-state index in [9.17, 15) is 0 Å². The van der Waals surface area contributed by atoms with E-state index < -0.39 is 8.07 Å². The molecule has 0 aliphatic carbocycles. The third-order valence-corrected chi connectivity index (χ3v) is 18.2. The summed E-state index contributed by atoms with van der Waals surface area (Å²) in [5.74, 6) is 0.863. The van der Waals surface area contributed by atoms with Crippen molar-refractivity contribution in [3.63, 3.8) is 0 Å². The van der Waals surface area contributed by atoms with Crippen LogP contribution < -0.4 is 14.9 Å². The van der Waals surface area contributed by atoms with E-state index in [0.29, 0.717) is 0 Å². The predicted octanol–water partition coefficient (Wildman–Crippen LogP) is 10.2. The summed E-state index contributed by atoms with van der Waals surface area (Å²) in [4.78, 5) is 7.96. The van der Waals surface area contributed by atoms with Crippen LogP contribution in [0.2, 0.25) is 6.04 Å². The van der Waals surface area contributed by atoms with Crippen LogP contribution in [0.3, 0.4) is 0 Å². The van der Waals surface area contributed by atoms with Gasteiger partial charge in [-0.25, -0.2) is 0 Å². The van der Waals surface area contributed by atoms with Gasteiger partial charge in [0, 0.05) is 28.9 Å². The van der Waals surface area contributed by atoms with E-state index in [1.54, 1.807) is 29.5 Å². The Hall–Kier alpha value is -0.683. The summed E-state index contributed by atoms with van der Waals surface area (Å²) in [5.41, 5.74) is 0. The Balaban J connectivity index is 1.69. The van der Waals surface area contributed by atoms with E-state index >= 15 is 0 Å². The van der Waals surface area contributed by atoms with E-state index in [0.717, 1.165) is 5.92 Å². The van der Waals surface area contributed by atoms with Gasteiger partial charge in [0.15, 0.2) is 8.07 Å². The Morgan fingerprint density at radius 2 is 1.22 bits per heavy atom. The number of hydrogen-bond donors (Lipinski definition) is 0. The highest BCUT2D eigenvalue weighted by atomic mass is 32.1. The smallest absolute Gasteiger partial charge is 0.149 e. The fourth-order valence-corrected chi connectivity index (χ4v) is 18.1. The number of aryl methyl sites for hydroxylation is 3. The third kappa shape index (κ3) is 6.73. The summed E-state index contributed by atoms with van der Waals surface area (Å²) in [6.45, 7) is 11.7. The van der Waals surface area contributed by atoms with Crippen LogP contribution in [0.15, 0.2) is 24.3 Å². The molecule has 0 aromatic carbocycles. The van der Waals surface area contributed by atoms with Crippen molar-refractivity contribution in [1.82, 2.24) is 0 Å². The first-order valence-electron chi connectivity index (χ1n) is 15.3. The lowest BCUT2D eigenvalue weighted by atomic mass is 9.97. The quantitative estimate of drug-likeness (QED) is 0.112. The lowest BCUT2D eigenvalue weighted by molar-refractivity contribution is 0.442. The van der Waals surface area contributed by atoms with Crippen LogP contribution in [0.5, 0.6) is 0 Å². The van der Waals surface area contributed by atoms with Crippen LogP contribution in [-0.4, -0.2) is 8.07 Å². The molecule has 0 radical (unpaired) electrons. The zero-order valence-electron chi connectivity index (χ0n) is 24.2. The molecule has 1 unspecified atom stereocenters. The maximum absolute atomic E-state index is 2.63. The fraction of sp³-hybridized carbons (Fsp3) is 0.636. The van der Waals surface area contributed by atoms with Crippen molar-refractivity contribution in [3.05, 3.63) is 38.9 Å². The Morgan fingerprint density at radius 1 is 0.649 bits per heavy atom. The summed E-state index contributed by atoms with van der Waals surface area (Å²) in [7, 11) is -1.99. The second kappa shape index (κ2) is 14.1. The van der Waals surface area contributed by atoms with Crippen molar-refractivity contribution >= 4 is 57.0 Å². The molecular weight excluding hydrogens is 521 g/mol. The number of rotatable bonds is 17. The summed E-state index contributed by atoms with van der Waals surface area (Å²) in [6.07, 6.45) is 19.3. The minimum Gasteiger partial charge on any atom is -0.149 e. The second-order valence-electron chi connectivity index (χ2n) is 11.6. The van der Waals surface area contributed by atoms with Gasteiger partial charge in [-0.15, -0.1) is 34.0 Å². The number of fused-ring (bicyclic) bond motifs is 3. The molecule has 3 aromatic heterocycles. The van der Waals surface area contributed by atoms with Gasteiger partial charge in [0.05, 0.1) is 0 Å². The minimum atomic E-state index is -1.99. The standard InChI is InChI=1S/C33H50S3Si/c1-6-9-12-14-16-19-28-20-21-31(36-28)37(24-27(17-11-8-3)18-15-13-10-7-2)29-22-25(4)34-32(29)33-30(37)23-26(5)35-33/h20-23,27H,6-19,24H2,1-5H3. The maximum atomic E-state index is 2.63. The van der Waals surface area contributed by atoms with E-state index in [1.807, 2.05) is 0 Å². The summed E-state index contributed by atoms with van der Waals surface area (Å²) < 4.78 is 1.77. The lowest BCUT2D eigenvalue weighted by Crippen LogP contribution is -2.64. The molecule has 1 aliphatic heterocycles. The van der Waals surface area contributed by atoms with Gasteiger partial charge in [-0.3, -0.25) is 0 Å². The molecule has 204 valence electrons. The third-order valence-electron chi connectivity index (χ3n) is 8.47. The number of hydrogen-bond acceptors (Lipinski definition) is 3. The largest absolute Gasteiger partial charge is 0.164 e. The molecule has 0 spiro atoms. The highest BCUT2D eigenvalue weighted by Crippen LogP contribution is 2.43. The molecule has 4 heteroatoms. The van der Waals surface area contributed by atoms with E-state index in [-0.39, 0.29) is 0 Å². The van der Waals surface area contributed by atoms with Crippen LogP contribution in [0, 0.1) is 19.8 Å². The molecule has 0 fully saturated rings. The first kappa shape index (κ1) is 29.3. The zero-order chi connectivity index (χ0) is 26.3. The van der Waals surface area contributed by atoms with E-state index in [4.69, 9.17) is 0 Å². The van der Waals surface area contributed by atoms with Crippen molar-refractivity contribution in [1.29, 1.82) is 0 Å². The van der Waals surface area contributed by atoms with Gasteiger partial charge in [0.25, 0.3) is 0 Å². The molecule has 3 aromatic rings. The maximum Gasteiger partial charge on any atom is 0.164 e. The molecule has 1 aliphatic rings. The molecule has 4 rings (SSSR count). The van der Waals surface area contributed by atoms with Crippen LogP contribution in [0.1, 0.15) is 119 Å². The van der Waals surface area contributed by atoms with Gasteiger partial charge in [-0.05, 0) is 67.2 Å². The average molecular weight is 571 g/mol. The molecule has 37 heavy (non-hydrogen) atoms. The highest BCUT2D eigenvalue weighted by Gasteiger charge is 2.51. The number of unbranched alkanes of at least 4 members (excludes halogenated alkanes) is 8. The van der Waals surface area contributed by atoms with Crippen molar-refractivity contribution in [2.75, 3.05) is 0 Å². The molecular formula is C33H50S3Si. The molecule has 0 N–H and O–H groups in total. The first-order valence-corrected chi connectivity index (χ1v) is 20.0. The van der Waals surface area contributed by atoms with Gasteiger partial charge in [-0.1, -0.05) is 104 Å². The normalized spacial score (nSPS) is 14.7. The van der Waals surface area contributed by atoms with Gasteiger partial charge < -0.3 is 0 Å². The fourth-order valence-electron chi connectivity index (χ4n) is 6.51. The van der Waals surface area contributed by atoms with Crippen LogP contribution >= 0.6 is 34.0 Å². The molecule has 0 saturated heterocycles. The monoisotopic (exact) mass is 570 g/mol. The summed E-state index contributed by atoms with van der Waals surface area (Å²) in [5, 5.41) is 3.56. The molecule has 0 saturated carbocycles. The second-order valence-corrected chi connectivity index (χ2v) is 19.5. The highest BCUT2D eigenvalue weighted by molar-refractivity contribution is 7.38. The molecule has 0 nitrogen and oxygen atoms in total. The molecule has 0 amide bonds. The van der Waals surface area contributed by atoms with Crippen LogP contribution in [-0.2, 0) is 6.42 Å². The SMILES string of the molecule is CCCCCCCc1ccc([Si]2(CC(CCCC)CCCCCC)c3cc(C)sc3-c3sc(C)cc32)s1. The minimum absolute atomic E-state index is 0.863. The zero-order valence-corrected chi connectivity index (χ0v) is 27.7. The van der Waals surface area contributed by atoms with Crippen molar-refractivity contribution in [2.45, 2.75) is 131 Å². The van der Waals surface area contributed by atoms with E-state index in [2.05, 4.69) is 92.9 Å². The molecule has 4 heterocycles.